The molecule has 1 saturated carbocycles. The molecule has 4 amide bonds. The average Bonchev–Trinajstić information content (AvgIpc) is 3.38. The summed E-state index contributed by atoms with van der Waals surface area (Å²) in [6.07, 6.45) is -0.238. The molecule has 0 unspecified atom stereocenters. The summed E-state index contributed by atoms with van der Waals surface area (Å²) in [5, 5.41) is 18.8. The fourth-order valence-corrected chi connectivity index (χ4v) is 6.08. The smallest absolute Gasteiger partial charge is 0.258 e. The van der Waals surface area contributed by atoms with Crippen molar-refractivity contribution in [2.24, 2.45) is 11.1 Å². The lowest BCUT2D eigenvalue weighted by molar-refractivity contribution is -0.145. The molecule has 0 bridgehead atoms. The number of hydrogen-bond donors (Lipinski definition) is 5. The second kappa shape index (κ2) is 13.7. The summed E-state index contributed by atoms with van der Waals surface area (Å²) >= 11 is 1.52. The third-order valence-corrected chi connectivity index (χ3v) is 9.06. The summed E-state index contributed by atoms with van der Waals surface area (Å²) in [5.74, 6) is -2.24. The van der Waals surface area contributed by atoms with Crippen molar-refractivity contribution in [1.29, 1.82) is 0 Å². The van der Waals surface area contributed by atoms with Crippen LogP contribution in [0.15, 0.2) is 29.8 Å². The molecule has 44 heavy (non-hydrogen) atoms. The zero-order chi connectivity index (χ0) is 32.2. The summed E-state index contributed by atoms with van der Waals surface area (Å²) < 4.78 is 14.5. The van der Waals surface area contributed by atoms with E-state index in [1.165, 1.54) is 16.2 Å². The van der Waals surface area contributed by atoms with E-state index in [0.29, 0.717) is 25.1 Å². The summed E-state index contributed by atoms with van der Waals surface area (Å²) in [4.78, 5) is 59.6. The van der Waals surface area contributed by atoms with Gasteiger partial charge >= 0.3 is 0 Å². The highest BCUT2D eigenvalue weighted by Crippen LogP contribution is 2.40. The molecule has 240 valence electrons. The Morgan fingerprint density at radius 1 is 1.18 bits per heavy atom. The second-order valence-electron chi connectivity index (χ2n) is 12.8. The van der Waals surface area contributed by atoms with Gasteiger partial charge in [0, 0.05) is 19.5 Å². The van der Waals surface area contributed by atoms with Crippen molar-refractivity contribution in [2.75, 3.05) is 19.6 Å². The Balaban J connectivity index is 1.55. The van der Waals surface area contributed by atoms with E-state index in [1.807, 2.05) is 31.2 Å². The van der Waals surface area contributed by atoms with Gasteiger partial charge < -0.3 is 31.7 Å². The standard InChI is InChI=1S/C31H43FN6O5S/c1-18-25(44-17-35-18)20-8-6-19(7-9-20)22(15-24(40)34-13-5-12-33)36-27(41)23-14-21(39)16-38(23)28(42)26(30(2,3)4)37-29(43)31(32)10-11-31/h6-9,17,21-23,26,39H,5,10-16,33H2,1-4H3,(H,34,40)(H,36,41)(H,37,43)/t21-,22+,23+,26-/m1/s1. The number of nitrogens with two attached hydrogens (primary N) is 1. The molecule has 1 aromatic carbocycles. The van der Waals surface area contributed by atoms with E-state index >= 15 is 0 Å². The molecule has 1 aromatic heterocycles. The van der Waals surface area contributed by atoms with Gasteiger partial charge in [0.25, 0.3) is 5.91 Å². The number of alkyl halides is 1. The Bertz CT molecular complexity index is 1360. The molecule has 2 heterocycles. The number of β-amino-alcohol motifs (C(OH)–C–C–N with tert-alkyl or cyclic N) is 1. The van der Waals surface area contributed by atoms with Gasteiger partial charge in [0.05, 0.1) is 34.6 Å². The van der Waals surface area contributed by atoms with Gasteiger partial charge in [-0.1, -0.05) is 45.0 Å². The molecule has 11 nitrogen and oxygen atoms in total. The van der Waals surface area contributed by atoms with Gasteiger partial charge in [-0.2, -0.15) is 0 Å². The number of carbonyl (C=O) groups is 4. The molecule has 0 spiro atoms. The quantitative estimate of drug-likeness (QED) is 0.224. The Labute approximate surface area is 261 Å². The van der Waals surface area contributed by atoms with E-state index in [9.17, 15) is 28.7 Å². The molecule has 0 radical (unpaired) electrons. The van der Waals surface area contributed by atoms with Crippen LogP contribution in [0.1, 0.15) is 70.2 Å². The van der Waals surface area contributed by atoms with Gasteiger partial charge in [-0.15, -0.1) is 11.3 Å². The average molecular weight is 631 g/mol. The predicted molar refractivity (Wildman–Crippen MR) is 165 cm³/mol. The van der Waals surface area contributed by atoms with Gasteiger partial charge in [-0.25, -0.2) is 9.37 Å². The van der Waals surface area contributed by atoms with Crippen LogP contribution in [0.2, 0.25) is 0 Å². The van der Waals surface area contributed by atoms with E-state index < -0.39 is 53.0 Å². The number of amides is 4. The number of nitrogens with zero attached hydrogens (tertiary/aromatic N) is 2. The molecule has 1 saturated heterocycles. The summed E-state index contributed by atoms with van der Waals surface area (Å²) in [6.45, 7) is 7.86. The van der Waals surface area contributed by atoms with Crippen LogP contribution in [0.3, 0.4) is 0 Å². The normalized spacial score (nSPS) is 20.5. The number of aromatic nitrogens is 1. The molecule has 4 rings (SSSR count). The van der Waals surface area contributed by atoms with Crippen LogP contribution in [0.5, 0.6) is 0 Å². The lowest BCUT2D eigenvalue weighted by Gasteiger charge is -2.36. The van der Waals surface area contributed by atoms with Crippen molar-refractivity contribution >= 4 is 35.0 Å². The summed E-state index contributed by atoms with van der Waals surface area (Å²) in [6, 6.07) is 4.60. The van der Waals surface area contributed by atoms with Crippen molar-refractivity contribution in [3.05, 3.63) is 41.0 Å². The van der Waals surface area contributed by atoms with Crippen molar-refractivity contribution in [3.63, 3.8) is 0 Å². The molecule has 6 N–H and O–H groups in total. The fraction of sp³-hybridized carbons (Fsp3) is 0.581. The van der Waals surface area contributed by atoms with Crippen LogP contribution < -0.4 is 21.7 Å². The predicted octanol–water partition coefficient (Wildman–Crippen LogP) is 2.13. The first-order valence-corrected chi connectivity index (χ1v) is 15.9. The van der Waals surface area contributed by atoms with Crippen LogP contribution in [0, 0.1) is 12.3 Å². The van der Waals surface area contributed by atoms with Crippen LogP contribution in [0.25, 0.3) is 10.4 Å². The number of benzene rings is 1. The van der Waals surface area contributed by atoms with Gasteiger partial charge in [0.15, 0.2) is 5.67 Å². The largest absolute Gasteiger partial charge is 0.391 e. The Hall–Kier alpha value is -3.42. The molecule has 2 fully saturated rings. The number of halogens is 1. The Morgan fingerprint density at radius 3 is 2.43 bits per heavy atom. The Kier molecular flexibility index (Phi) is 10.4. The monoisotopic (exact) mass is 630 g/mol. The summed E-state index contributed by atoms with van der Waals surface area (Å²) in [5.41, 5.74) is 7.10. The number of hydrogen-bond acceptors (Lipinski definition) is 8. The molecule has 13 heteroatoms. The first kappa shape index (κ1) is 33.5. The molecule has 1 aliphatic carbocycles. The number of aryl methyl sites for hydroxylation is 1. The maximum Gasteiger partial charge on any atom is 0.258 e. The van der Waals surface area contributed by atoms with Gasteiger partial charge in [-0.3, -0.25) is 19.2 Å². The Morgan fingerprint density at radius 2 is 1.86 bits per heavy atom. The lowest BCUT2D eigenvalue weighted by atomic mass is 9.85. The molecule has 2 aliphatic rings. The molecule has 1 aliphatic heterocycles. The maximum absolute atomic E-state index is 14.5. The van der Waals surface area contributed by atoms with Gasteiger partial charge in [0.1, 0.15) is 12.1 Å². The van der Waals surface area contributed by atoms with Crippen molar-refractivity contribution < 1.29 is 28.7 Å². The van der Waals surface area contributed by atoms with E-state index in [2.05, 4.69) is 20.9 Å². The zero-order valence-corrected chi connectivity index (χ0v) is 26.5. The minimum atomic E-state index is -1.97. The van der Waals surface area contributed by atoms with Crippen LogP contribution >= 0.6 is 11.3 Å². The number of aliphatic hydroxyl groups excluding tert-OH is 1. The number of nitrogens with one attached hydrogen (secondary N) is 3. The zero-order valence-electron chi connectivity index (χ0n) is 25.7. The number of rotatable bonds is 12. The summed E-state index contributed by atoms with van der Waals surface area (Å²) in [7, 11) is 0. The SMILES string of the molecule is Cc1ncsc1-c1ccc([C@H](CC(=O)NCCCN)NC(=O)[C@@H]2C[C@@H](O)CN2C(=O)[C@@H](NC(=O)C2(F)CC2)C(C)(C)C)cc1. The minimum Gasteiger partial charge on any atom is -0.391 e. The number of likely N-dealkylation sites (tertiary alicyclic amines) is 1. The lowest BCUT2D eigenvalue weighted by Crippen LogP contribution is -2.59. The molecular weight excluding hydrogens is 587 g/mol. The molecule has 4 atom stereocenters. The molecular formula is C31H43FN6O5S. The van der Waals surface area contributed by atoms with Crippen LogP contribution in [-0.2, 0) is 19.2 Å². The van der Waals surface area contributed by atoms with Crippen LogP contribution in [0.4, 0.5) is 4.39 Å². The van der Waals surface area contributed by atoms with E-state index in [4.69, 9.17) is 5.73 Å². The highest BCUT2D eigenvalue weighted by atomic mass is 32.1. The van der Waals surface area contributed by atoms with E-state index in [1.54, 1.807) is 26.3 Å². The van der Waals surface area contributed by atoms with Crippen LogP contribution in [-0.4, -0.2) is 82.1 Å². The maximum atomic E-state index is 14.5. The van der Waals surface area contributed by atoms with E-state index in [0.717, 1.165) is 16.1 Å². The third-order valence-electron chi connectivity index (χ3n) is 8.08. The second-order valence-corrected chi connectivity index (χ2v) is 13.6. The topological polar surface area (TPSA) is 167 Å². The fourth-order valence-electron chi connectivity index (χ4n) is 5.27. The van der Waals surface area contributed by atoms with Crippen molar-refractivity contribution in [2.45, 2.75) is 89.7 Å². The number of aliphatic hydroxyl groups is 1. The minimum absolute atomic E-state index is 0.0194. The van der Waals surface area contributed by atoms with Crippen molar-refractivity contribution in [1.82, 2.24) is 25.8 Å². The molecule has 2 aromatic rings. The third kappa shape index (κ3) is 7.99. The number of thiazole rings is 1. The van der Waals surface area contributed by atoms with Gasteiger partial charge in [0.2, 0.25) is 17.7 Å². The highest BCUT2D eigenvalue weighted by Gasteiger charge is 2.53. The van der Waals surface area contributed by atoms with E-state index in [-0.39, 0.29) is 38.1 Å². The number of carbonyl (C=O) groups excluding carboxylic acids is 4. The van der Waals surface area contributed by atoms with Gasteiger partial charge in [-0.05, 0) is 49.3 Å². The van der Waals surface area contributed by atoms with Crippen molar-refractivity contribution in [3.8, 4) is 10.4 Å². The first-order valence-electron chi connectivity index (χ1n) is 15.0. The first-order chi connectivity index (χ1) is 20.7. The highest BCUT2D eigenvalue weighted by molar-refractivity contribution is 7.13.